The number of benzene rings is 7. The number of rotatable bonds is 8. The molecule has 1 aliphatic carbocycles. The Hall–Kier alpha value is -5.44. The molecule has 1 unspecified atom stereocenters. The predicted octanol–water partition coefficient (Wildman–Crippen LogP) is 12.8. The first-order valence-corrected chi connectivity index (χ1v) is 17.2. The van der Waals surface area contributed by atoms with Crippen LogP contribution in [0.25, 0.3) is 28.3 Å². The van der Waals surface area contributed by atoms with Crippen LogP contribution in [0.2, 0.25) is 0 Å². The molecule has 0 amide bonds. The monoisotopic (exact) mass is 679 g/mol. The summed E-state index contributed by atoms with van der Waals surface area (Å²) in [6, 6.07) is 64.0. The second kappa shape index (κ2) is 12.6. The number of hydrogen-bond donors (Lipinski definition) is 0. The molecule has 2 heteroatoms. The minimum Gasteiger partial charge on any atom is -0.310 e. The van der Waals surface area contributed by atoms with Gasteiger partial charge in [0.25, 0.3) is 0 Å². The van der Waals surface area contributed by atoms with Crippen LogP contribution in [0.4, 0.5) is 17.1 Å². The lowest BCUT2D eigenvalue weighted by Gasteiger charge is -2.34. The maximum Gasteiger partial charge on any atom is 0.0504 e. The Morgan fingerprint density at radius 2 is 1.08 bits per heavy atom. The standard InChI is InChI=1S/C46H34BrN/c1-2-33-17-19-34(20-18-33)32-46(37-13-7-4-8-14-37)44-16-10-9-15-42(44)43-30-29-41(31-45(43)46)48(40-27-23-38(47)24-28-40)39-25-21-36(22-26-39)35-11-5-3-6-12-35/h2-31H,1,32H2. The van der Waals surface area contributed by atoms with E-state index in [1.807, 2.05) is 6.08 Å². The first-order chi connectivity index (χ1) is 23.6. The van der Waals surface area contributed by atoms with Crippen molar-refractivity contribution in [1.29, 1.82) is 0 Å². The zero-order valence-electron chi connectivity index (χ0n) is 26.6. The van der Waals surface area contributed by atoms with Crippen molar-refractivity contribution in [2.75, 3.05) is 4.90 Å². The highest BCUT2D eigenvalue weighted by Gasteiger charge is 2.45. The summed E-state index contributed by atoms with van der Waals surface area (Å²) in [4.78, 5) is 2.37. The Balaban J connectivity index is 1.33. The lowest BCUT2D eigenvalue weighted by molar-refractivity contribution is 0.629. The zero-order chi connectivity index (χ0) is 32.5. The van der Waals surface area contributed by atoms with Crippen molar-refractivity contribution in [3.05, 3.63) is 215 Å². The van der Waals surface area contributed by atoms with Gasteiger partial charge >= 0.3 is 0 Å². The van der Waals surface area contributed by atoms with Gasteiger partial charge in [-0.2, -0.15) is 0 Å². The summed E-state index contributed by atoms with van der Waals surface area (Å²) in [5.41, 5.74) is 14.3. The van der Waals surface area contributed by atoms with Gasteiger partial charge in [-0.15, -0.1) is 0 Å². The zero-order valence-corrected chi connectivity index (χ0v) is 28.1. The number of nitrogens with zero attached hydrogens (tertiary/aromatic N) is 1. The lowest BCUT2D eigenvalue weighted by Crippen LogP contribution is -2.30. The average Bonchev–Trinajstić information content (AvgIpc) is 3.43. The third-order valence-electron chi connectivity index (χ3n) is 9.67. The van der Waals surface area contributed by atoms with Gasteiger partial charge in [-0.25, -0.2) is 0 Å². The van der Waals surface area contributed by atoms with Crippen LogP contribution in [0.5, 0.6) is 0 Å². The third kappa shape index (κ3) is 5.29. The molecular formula is C46H34BrN. The summed E-state index contributed by atoms with van der Waals surface area (Å²) in [6.45, 7) is 3.98. The first kappa shape index (κ1) is 29.9. The SMILES string of the molecule is C=Cc1ccc(CC2(c3ccccc3)c3ccccc3-c3ccc(N(c4ccc(Br)cc4)c4ccc(-c5ccccc5)cc4)cc32)cc1. The van der Waals surface area contributed by atoms with E-state index >= 15 is 0 Å². The Bertz CT molecular complexity index is 2200. The van der Waals surface area contributed by atoms with E-state index in [1.165, 1.54) is 44.5 Å². The van der Waals surface area contributed by atoms with E-state index in [-0.39, 0.29) is 5.41 Å². The summed E-state index contributed by atoms with van der Waals surface area (Å²) in [5, 5.41) is 0. The number of hydrogen-bond acceptors (Lipinski definition) is 1. The van der Waals surface area contributed by atoms with E-state index in [0.29, 0.717) is 0 Å². The topological polar surface area (TPSA) is 3.24 Å². The van der Waals surface area contributed by atoms with Crippen LogP contribution in [-0.2, 0) is 11.8 Å². The van der Waals surface area contributed by atoms with Gasteiger partial charge < -0.3 is 4.90 Å². The molecule has 0 radical (unpaired) electrons. The van der Waals surface area contributed by atoms with Gasteiger partial charge in [-0.3, -0.25) is 0 Å². The molecular weight excluding hydrogens is 646 g/mol. The number of fused-ring (bicyclic) bond motifs is 3. The van der Waals surface area contributed by atoms with E-state index < -0.39 is 0 Å². The van der Waals surface area contributed by atoms with Gasteiger partial charge in [0, 0.05) is 21.5 Å². The molecule has 1 atom stereocenters. The fourth-order valence-electron chi connectivity index (χ4n) is 7.37. The van der Waals surface area contributed by atoms with Crippen LogP contribution < -0.4 is 4.90 Å². The van der Waals surface area contributed by atoms with Crippen molar-refractivity contribution in [1.82, 2.24) is 0 Å². The van der Waals surface area contributed by atoms with Crippen LogP contribution in [0.3, 0.4) is 0 Å². The van der Waals surface area contributed by atoms with Crippen LogP contribution >= 0.6 is 15.9 Å². The molecule has 0 aliphatic heterocycles. The molecule has 7 aromatic rings. The molecule has 0 spiro atoms. The molecule has 1 aliphatic rings. The van der Waals surface area contributed by atoms with Crippen LogP contribution in [0.1, 0.15) is 27.8 Å². The molecule has 8 rings (SSSR count). The van der Waals surface area contributed by atoms with E-state index in [0.717, 1.165) is 33.5 Å². The summed E-state index contributed by atoms with van der Waals surface area (Å²) in [6.07, 6.45) is 2.75. The fourth-order valence-corrected chi connectivity index (χ4v) is 7.63. The number of halogens is 1. The fraction of sp³-hybridized carbons (Fsp3) is 0.0435. The Labute approximate surface area is 291 Å². The summed E-state index contributed by atoms with van der Waals surface area (Å²) in [7, 11) is 0. The summed E-state index contributed by atoms with van der Waals surface area (Å²) < 4.78 is 1.06. The van der Waals surface area contributed by atoms with Crippen molar-refractivity contribution in [2.45, 2.75) is 11.8 Å². The quantitative estimate of drug-likeness (QED) is 0.154. The minimum absolute atomic E-state index is 0.374. The normalized spacial score (nSPS) is 14.6. The van der Waals surface area contributed by atoms with Crippen molar-refractivity contribution in [3.63, 3.8) is 0 Å². The number of anilines is 3. The highest BCUT2D eigenvalue weighted by Crippen LogP contribution is 2.55. The Morgan fingerprint density at radius 3 is 1.77 bits per heavy atom. The van der Waals surface area contributed by atoms with Crippen molar-refractivity contribution in [2.24, 2.45) is 0 Å². The first-order valence-electron chi connectivity index (χ1n) is 16.4. The van der Waals surface area contributed by atoms with E-state index in [1.54, 1.807) is 0 Å². The second-order valence-corrected chi connectivity index (χ2v) is 13.3. The van der Waals surface area contributed by atoms with Crippen LogP contribution in [0, 0.1) is 0 Å². The van der Waals surface area contributed by atoms with E-state index in [9.17, 15) is 0 Å². The highest BCUT2D eigenvalue weighted by molar-refractivity contribution is 9.10. The van der Waals surface area contributed by atoms with Crippen molar-refractivity contribution < 1.29 is 0 Å². The largest absolute Gasteiger partial charge is 0.310 e. The summed E-state index contributed by atoms with van der Waals surface area (Å²) in [5.74, 6) is 0. The van der Waals surface area contributed by atoms with E-state index in [4.69, 9.17) is 0 Å². The predicted molar refractivity (Wildman–Crippen MR) is 206 cm³/mol. The van der Waals surface area contributed by atoms with Crippen LogP contribution in [0.15, 0.2) is 187 Å². The third-order valence-corrected chi connectivity index (χ3v) is 10.2. The van der Waals surface area contributed by atoms with Gasteiger partial charge in [-0.1, -0.05) is 156 Å². The maximum absolute atomic E-state index is 3.98. The molecule has 1 nitrogen and oxygen atoms in total. The molecule has 0 aromatic heterocycles. The Kier molecular flexibility index (Phi) is 7.88. The Morgan fingerprint density at radius 1 is 0.521 bits per heavy atom. The molecule has 0 saturated heterocycles. The molecule has 0 heterocycles. The van der Waals surface area contributed by atoms with Crippen molar-refractivity contribution in [3.8, 4) is 22.3 Å². The molecule has 48 heavy (non-hydrogen) atoms. The maximum atomic E-state index is 3.98. The van der Waals surface area contributed by atoms with Gasteiger partial charge in [0.1, 0.15) is 0 Å². The molecule has 0 saturated carbocycles. The minimum atomic E-state index is -0.374. The highest BCUT2D eigenvalue weighted by atomic mass is 79.9. The average molecular weight is 681 g/mol. The summed E-state index contributed by atoms with van der Waals surface area (Å²) >= 11 is 3.66. The lowest BCUT2D eigenvalue weighted by atomic mass is 9.68. The molecule has 0 N–H and O–H groups in total. The molecule has 0 bridgehead atoms. The van der Waals surface area contributed by atoms with E-state index in [2.05, 4.69) is 203 Å². The van der Waals surface area contributed by atoms with Gasteiger partial charge in [0.15, 0.2) is 0 Å². The molecule has 7 aromatic carbocycles. The second-order valence-electron chi connectivity index (χ2n) is 12.4. The van der Waals surface area contributed by atoms with Gasteiger partial charge in [0.2, 0.25) is 0 Å². The van der Waals surface area contributed by atoms with Gasteiger partial charge in [0.05, 0.1) is 5.41 Å². The molecule has 0 fully saturated rings. The van der Waals surface area contributed by atoms with Gasteiger partial charge in [-0.05, 0) is 105 Å². The van der Waals surface area contributed by atoms with Crippen LogP contribution in [-0.4, -0.2) is 0 Å². The van der Waals surface area contributed by atoms with Crippen molar-refractivity contribution >= 4 is 39.1 Å². The smallest absolute Gasteiger partial charge is 0.0504 e. The molecule has 230 valence electrons.